The largest absolute Gasteiger partial charge is 0.298 e. The number of rotatable bonds is 3. The quantitative estimate of drug-likeness (QED) is 0.462. The van der Waals surface area contributed by atoms with Gasteiger partial charge in [0.05, 0.1) is 20.5 Å². The minimum absolute atomic E-state index is 0.150. The number of hydrogen-bond acceptors (Lipinski definition) is 5. The smallest absolute Gasteiger partial charge is 0.259 e. The van der Waals surface area contributed by atoms with Crippen molar-refractivity contribution in [2.45, 2.75) is 0 Å². The van der Waals surface area contributed by atoms with Crippen LogP contribution in [0.2, 0.25) is 15.2 Å². The molecule has 3 heterocycles. The van der Waals surface area contributed by atoms with E-state index in [4.69, 9.17) is 34.8 Å². The molecule has 0 unspecified atom stereocenters. The fourth-order valence-electron chi connectivity index (χ4n) is 1.66. The number of thiophene rings is 1. The van der Waals surface area contributed by atoms with Crippen molar-refractivity contribution in [1.29, 1.82) is 0 Å². The van der Waals surface area contributed by atoms with E-state index in [2.05, 4.69) is 31.2 Å². The molecule has 0 aliphatic carbocycles. The number of thiazole rings is 1. The molecule has 0 fully saturated rings. The van der Waals surface area contributed by atoms with E-state index >= 15 is 0 Å². The highest BCUT2D eigenvalue weighted by atomic mass is 79.9. The molecule has 4 nitrogen and oxygen atoms in total. The molecule has 0 aliphatic heterocycles. The zero-order chi connectivity index (χ0) is 16.6. The Kier molecular flexibility index (Phi) is 5.25. The molecule has 3 rings (SSSR count). The first-order valence-corrected chi connectivity index (χ1v) is 9.59. The Morgan fingerprint density at radius 1 is 1.26 bits per heavy atom. The molecule has 3 aromatic rings. The van der Waals surface area contributed by atoms with Crippen LogP contribution in [0.3, 0.4) is 0 Å². The van der Waals surface area contributed by atoms with Crippen LogP contribution < -0.4 is 5.32 Å². The minimum atomic E-state index is -0.368. The van der Waals surface area contributed by atoms with E-state index in [0.29, 0.717) is 15.7 Å². The molecule has 23 heavy (non-hydrogen) atoms. The Morgan fingerprint density at radius 2 is 2.04 bits per heavy atom. The van der Waals surface area contributed by atoms with E-state index in [0.717, 1.165) is 14.4 Å². The fraction of sp³-hybridized carbons (Fsp3) is 0. The molecule has 10 heteroatoms. The lowest BCUT2D eigenvalue weighted by atomic mass is 10.3. The molecule has 0 bridgehead atoms. The van der Waals surface area contributed by atoms with Crippen LogP contribution in [0.15, 0.2) is 27.5 Å². The number of nitrogens with zero attached hydrogens (tertiary/aromatic N) is 2. The van der Waals surface area contributed by atoms with Crippen LogP contribution >= 0.6 is 73.4 Å². The lowest BCUT2D eigenvalue weighted by Gasteiger charge is -2.02. The van der Waals surface area contributed by atoms with Gasteiger partial charge in [0.2, 0.25) is 0 Å². The van der Waals surface area contributed by atoms with Gasteiger partial charge in [-0.2, -0.15) is 0 Å². The third-order valence-electron chi connectivity index (χ3n) is 2.67. The summed E-state index contributed by atoms with van der Waals surface area (Å²) < 4.78 is 0.804. The number of aromatic nitrogens is 2. The third-order valence-corrected chi connectivity index (χ3v) is 6.26. The first-order chi connectivity index (χ1) is 10.9. The van der Waals surface area contributed by atoms with Crippen LogP contribution in [-0.2, 0) is 0 Å². The maximum Gasteiger partial charge on any atom is 0.259 e. The zero-order valence-corrected chi connectivity index (χ0v) is 16.4. The van der Waals surface area contributed by atoms with Crippen molar-refractivity contribution < 1.29 is 4.79 Å². The van der Waals surface area contributed by atoms with Gasteiger partial charge < -0.3 is 0 Å². The molecule has 0 radical (unpaired) electrons. The van der Waals surface area contributed by atoms with Crippen molar-refractivity contribution in [3.8, 4) is 10.6 Å². The number of carbonyl (C=O) groups is 1. The molecule has 0 spiro atoms. The van der Waals surface area contributed by atoms with E-state index < -0.39 is 0 Å². The molecule has 0 saturated heterocycles. The van der Waals surface area contributed by atoms with Gasteiger partial charge in [0.15, 0.2) is 5.13 Å². The van der Waals surface area contributed by atoms with Crippen molar-refractivity contribution >= 4 is 84.4 Å². The highest BCUT2D eigenvalue weighted by Gasteiger charge is 2.16. The molecular weight excluding hydrogens is 465 g/mol. The van der Waals surface area contributed by atoms with Gasteiger partial charge in [-0.15, -0.1) is 11.3 Å². The Morgan fingerprint density at radius 3 is 2.70 bits per heavy atom. The van der Waals surface area contributed by atoms with Crippen LogP contribution in [0.25, 0.3) is 10.6 Å². The van der Waals surface area contributed by atoms with E-state index in [9.17, 15) is 4.79 Å². The summed E-state index contributed by atoms with van der Waals surface area (Å²) in [6.45, 7) is 0. The zero-order valence-electron chi connectivity index (χ0n) is 10.9. The number of halogens is 4. The summed E-state index contributed by atoms with van der Waals surface area (Å²) in [4.78, 5) is 21.4. The molecule has 0 atom stereocenters. The molecule has 1 N–H and O–H groups in total. The van der Waals surface area contributed by atoms with Crippen LogP contribution in [-0.4, -0.2) is 15.9 Å². The second kappa shape index (κ2) is 7.04. The SMILES string of the molecule is O=C(Nc1nc(-c2cc(Cl)cs2)c(Br)s1)c1cnc(Cl)c(Cl)c1. The van der Waals surface area contributed by atoms with Gasteiger partial charge in [0.1, 0.15) is 14.6 Å². The monoisotopic (exact) mass is 467 g/mol. The van der Waals surface area contributed by atoms with Crippen molar-refractivity contribution in [1.82, 2.24) is 9.97 Å². The standard InChI is InChI=1S/C13H5BrCl3N3OS2/c14-10-9(8-2-6(15)4-22-8)19-13(23-10)20-12(21)5-1-7(16)11(17)18-3-5/h1-4H,(H,19,20,21). The van der Waals surface area contributed by atoms with Gasteiger partial charge in [-0.3, -0.25) is 10.1 Å². The molecular formula is C13H5BrCl3N3OS2. The summed E-state index contributed by atoms with van der Waals surface area (Å²) in [7, 11) is 0. The van der Waals surface area contributed by atoms with Crippen LogP contribution in [0.1, 0.15) is 10.4 Å². The number of hydrogen-bond donors (Lipinski definition) is 1. The highest BCUT2D eigenvalue weighted by molar-refractivity contribution is 9.11. The van der Waals surface area contributed by atoms with Gasteiger partial charge in [-0.25, -0.2) is 9.97 Å². The van der Waals surface area contributed by atoms with E-state index in [1.165, 1.54) is 34.9 Å². The first-order valence-electron chi connectivity index (χ1n) is 5.97. The number of carbonyl (C=O) groups excluding carboxylic acids is 1. The lowest BCUT2D eigenvalue weighted by Crippen LogP contribution is -2.12. The van der Waals surface area contributed by atoms with Gasteiger partial charge in [0, 0.05) is 11.6 Å². The van der Waals surface area contributed by atoms with Crippen LogP contribution in [0.4, 0.5) is 5.13 Å². The van der Waals surface area contributed by atoms with Crippen molar-refractivity contribution in [2.24, 2.45) is 0 Å². The predicted octanol–water partition coefficient (Wildman–Crippen LogP) is 6.24. The molecule has 118 valence electrons. The van der Waals surface area contributed by atoms with Crippen LogP contribution in [0.5, 0.6) is 0 Å². The maximum absolute atomic E-state index is 12.2. The number of nitrogens with one attached hydrogen (secondary N) is 1. The summed E-state index contributed by atoms with van der Waals surface area (Å²) >= 11 is 23.8. The number of anilines is 1. The van der Waals surface area contributed by atoms with Crippen molar-refractivity contribution in [3.63, 3.8) is 0 Å². The van der Waals surface area contributed by atoms with E-state index in [-0.39, 0.29) is 16.1 Å². The molecule has 3 aromatic heterocycles. The topological polar surface area (TPSA) is 54.9 Å². The second-order valence-electron chi connectivity index (χ2n) is 4.22. The van der Waals surface area contributed by atoms with Gasteiger partial charge >= 0.3 is 0 Å². The Bertz CT molecular complexity index is 896. The Labute approximate surface area is 162 Å². The lowest BCUT2D eigenvalue weighted by molar-refractivity contribution is 0.102. The highest BCUT2D eigenvalue weighted by Crippen LogP contribution is 2.39. The van der Waals surface area contributed by atoms with Crippen LogP contribution in [0, 0.1) is 0 Å². The first kappa shape index (κ1) is 17.1. The predicted molar refractivity (Wildman–Crippen MR) is 100 cm³/mol. The van der Waals surface area contributed by atoms with Crippen molar-refractivity contribution in [2.75, 3.05) is 5.32 Å². The molecule has 1 amide bonds. The van der Waals surface area contributed by atoms with Crippen molar-refractivity contribution in [3.05, 3.63) is 48.3 Å². The summed E-state index contributed by atoms with van der Waals surface area (Å²) in [5, 5.41) is 6.00. The fourth-order valence-corrected chi connectivity index (χ4v) is 4.66. The summed E-state index contributed by atoms with van der Waals surface area (Å²) in [5.41, 5.74) is 1.03. The van der Waals surface area contributed by atoms with Gasteiger partial charge in [-0.1, -0.05) is 46.1 Å². The number of amides is 1. The second-order valence-corrected chi connectivity index (χ2v) is 8.65. The normalized spacial score (nSPS) is 10.8. The van der Waals surface area contributed by atoms with E-state index in [1.807, 2.05) is 11.4 Å². The summed E-state index contributed by atoms with van der Waals surface area (Å²) in [6, 6.07) is 3.27. The molecule has 0 aromatic carbocycles. The maximum atomic E-state index is 12.2. The van der Waals surface area contributed by atoms with Gasteiger partial charge in [-0.05, 0) is 28.1 Å². The average Bonchev–Trinajstić information content (AvgIpc) is 3.07. The van der Waals surface area contributed by atoms with E-state index in [1.54, 1.807) is 0 Å². The molecule has 0 aliphatic rings. The summed E-state index contributed by atoms with van der Waals surface area (Å²) in [6.07, 6.45) is 1.35. The average molecular weight is 470 g/mol. The molecule has 0 saturated carbocycles. The Hall–Kier alpha value is -0.700. The third kappa shape index (κ3) is 3.87. The summed E-state index contributed by atoms with van der Waals surface area (Å²) in [5.74, 6) is -0.368. The minimum Gasteiger partial charge on any atom is -0.298 e. The number of pyridine rings is 1. The Balaban J connectivity index is 1.83. The van der Waals surface area contributed by atoms with Gasteiger partial charge in [0.25, 0.3) is 5.91 Å².